The summed E-state index contributed by atoms with van der Waals surface area (Å²) >= 11 is 0. The summed E-state index contributed by atoms with van der Waals surface area (Å²) in [6.45, 7) is 8.74. The Morgan fingerprint density at radius 1 is 1.05 bits per heavy atom. The lowest BCUT2D eigenvalue weighted by molar-refractivity contribution is 0.679. The Bertz CT molecular complexity index is 584. The second-order valence-corrected chi connectivity index (χ2v) is 5.74. The first-order chi connectivity index (χ1) is 10.2. The van der Waals surface area contributed by atoms with Crippen LogP contribution in [0.15, 0.2) is 24.4 Å². The molecular formula is C18H27N3. The summed E-state index contributed by atoms with van der Waals surface area (Å²) in [4.78, 5) is 6.90. The third kappa shape index (κ3) is 3.66. The van der Waals surface area contributed by atoms with E-state index in [1.54, 1.807) is 0 Å². The predicted octanol–water partition coefficient (Wildman–Crippen LogP) is 4.53. The van der Waals surface area contributed by atoms with Gasteiger partial charge in [0, 0.05) is 47.1 Å². The summed E-state index contributed by atoms with van der Waals surface area (Å²) in [6, 6.07) is 6.34. The maximum absolute atomic E-state index is 6.12. The second-order valence-electron chi connectivity index (χ2n) is 5.74. The number of hydrogen-bond acceptors (Lipinski definition) is 3. The van der Waals surface area contributed by atoms with Crippen LogP contribution >= 0.6 is 0 Å². The Balaban J connectivity index is 2.45. The number of rotatable bonds is 7. The molecule has 0 spiro atoms. The Labute approximate surface area is 128 Å². The van der Waals surface area contributed by atoms with Crippen LogP contribution in [0, 0.1) is 6.92 Å². The standard InChI is InChI=1S/C18H27N3/c1-4-6-10-21(11-7-5-2)18-9-8-17(19)16-13-20-14(3)12-15(16)18/h8-9,12-13H,4-7,10-11,19H2,1-3H3. The van der Waals surface area contributed by atoms with Crippen molar-refractivity contribution in [2.24, 2.45) is 0 Å². The number of nitrogens with zero attached hydrogens (tertiary/aromatic N) is 2. The first-order valence-corrected chi connectivity index (χ1v) is 8.07. The number of nitrogen functional groups attached to an aromatic ring is 1. The Morgan fingerprint density at radius 2 is 1.71 bits per heavy atom. The molecule has 21 heavy (non-hydrogen) atoms. The van der Waals surface area contributed by atoms with Gasteiger partial charge < -0.3 is 10.6 Å². The molecule has 0 aliphatic carbocycles. The molecule has 0 saturated carbocycles. The number of aryl methyl sites for hydroxylation is 1. The molecule has 0 fully saturated rings. The minimum atomic E-state index is 0.812. The molecule has 0 radical (unpaired) electrons. The molecule has 2 aromatic rings. The number of nitrogens with two attached hydrogens (primary N) is 1. The van der Waals surface area contributed by atoms with Crippen molar-refractivity contribution in [2.45, 2.75) is 46.5 Å². The van der Waals surface area contributed by atoms with Crippen LogP contribution in [-0.4, -0.2) is 18.1 Å². The van der Waals surface area contributed by atoms with Gasteiger partial charge in [-0.3, -0.25) is 4.98 Å². The monoisotopic (exact) mass is 285 g/mol. The maximum atomic E-state index is 6.12. The van der Waals surface area contributed by atoms with Crippen LogP contribution in [0.2, 0.25) is 0 Å². The largest absolute Gasteiger partial charge is 0.398 e. The van der Waals surface area contributed by atoms with Crippen LogP contribution in [0.4, 0.5) is 11.4 Å². The fourth-order valence-corrected chi connectivity index (χ4v) is 2.68. The van der Waals surface area contributed by atoms with Crippen molar-refractivity contribution in [3.05, 3.63) is 30.1 Å². The van der Waals surface area contributed by atoms with Gasteiger partial charge in [-0.25, -0.2) is 0 Å². The number of benzene rings is 1. The molecule has 0 amide bonds. The fourth-order valence-electron chi connectivity index (χ4n) is 2.68. The van der Waals surface area contributed by atoms with Crippen LogP contribution in [0.1, 0.15) is 45.2 Å². The quantitative estimate of drug-likeness (QED) is 0.760. The minimum Gasteiger partial charge on any atom is -0.398 e. The summed E-state index contributed by atoms with van der Waals surface area (Å²) in [5.74, 6) is 0. The summed E-state index contributed by atoms with van der Waals surface area (Å²) in [5.41, 5.74) is 9.27. The maximum Gasteiger partial charge on any atom is 0.0448 e. The van der Waals surface area contributed by atoms with Gasteiger partial charge in [-0.2, -0.15) is 0 Å². The smallest absolute Gasteiger partial charge is 0.0448 e. The highest BCUT2D eigenvalue weighted by molar-refractivity contribution is 6.01. The van der Waals surface area contributed by atoms with Gasteiger partial charge in [0.2, 0.25) is 0 Å². The SMILES string of the molecule is CCCCN(CCCC)c1ccc(N)c2cnc(C)cc12. The fraction of sp³-hybridized carbons (Fsp3) is 0.500. The highest BCUT2D eigenvalue weighted by Gasteiger charge is 2.11. The molecule has 3 heteroatoms. The Kier molecular flexibility index (Phi) is 5.43. The molecule has 3 nitrogen and oxygen atoms in total. The summed E-state index contributed by atoms with van der Waals surface area (Å²) in [5, 5.41) is 2.30. The van der Waals surface area contributed by atoms with Gasteiger partial charge in [0.05, 0.1) is 0 Å². The van der Waals surface area contributed by atoms with Crippen LogP contribution in [-0.2, 0) is 0 Å². The third-order valence-electron chi connectivity index (χ3n) is 3.95. The minimum absolute atomic E-state index is 0.812. The molecule has 1 heterocycles. The Hall–Kier alpha value is -1.77. The van der Waals surface area contributed by atoms with Gasteiger partial charge in [-0.15, -0.1) is 0 Å². The molecule has 0 atom stereocenters. The van der Waals surface area contributed by atoms with Crippen molar-refractivity contribution in [3.63, 3.8) is 0 Å². The predicted molar refractivity (Wildman–Crippen MR) is 92.9 cm³/mol. The van der Waals surface area contributed by atoms with E-state index in [9.17, 15) is 0 Å². The van der Waals surface area contributed by atoms with E-state index in [4.69, 9.17) is 5.73 Å². The lowest BCUT2D eigenvalue weighted by Gasteiger charge is -2.26. The molecule has 0 unspecified atom stereocenters. The molecule has 1 aromatic heterocycles. The molecule has 114 valence electrons. The number of fused-ring (bicyclic) bond motifs is 1. The third-order valence-corrected chi connectivity index (χ3v) is 3.95. The van der Waals surface area contributed by atoms with E-state index in [2.05, 4.69) is 35.9 Å². The zero-order chi connectivity index (χ0) is 15.2. The van der Waals surface area contributed by atoms with Gasteiger partial charge >= 0.3 is 0 Å². The second kappa shape index (κ2) is 7.30. The van der Waals surface area contributed by atoms with Gasteiger partial charge in [0.25, 0.3) is 0 Å². The van der Waals surface area contributed by atoms with Crippen LogP contribution in [0.25, 0.3) is 10.8 Å². The normalized spacial score (nSPS) is 11.0. The van der Waals surface area contributed by atoms with Gasteiger partial charge in [0.15, 0.2) is 0 Å². The van der Waals surface area contributed by atoms with E-state index >= 15 is 0 Å². The van der Waals surface area contributed by atoms with Crippen molar-refractivity contribution in [1.29, 1.82) is 0 Å². The number of anilines is 2. The van der Waals surface area contributed by atoms with Gasteiger partial charge in [-0.1, -0.05) is 26.7 Å². The summed E-state index contributed by atoms with van der Waals surface area (Å²) in [6.07, 6.45) is 6.78. The first kappa shape index (κ1) is 15.6. The molecule has 0 aliphatic heterocycles. The van der Waals surface area contributed by atoms with Crippen molar-refractivity contribution in [1.82, 2.24) is 4.98 Å². The van der Waals surface area contributed by atoms with Gasteiger partial charge in [0.1, 0.15) is 0 Å². The Morgan fingerprint density at radius 3 is 2.33 bits per heavy atom. The number of hydrogen-bond donors (Lipinski definition) is 1. The topological polar surface area (TPSA) is 42.1 Å². The van der Waals surface area contributed by atoms with Crippen molar-refractivity contribution in [2.75, 3.05) is 23.7 Å². The van der Waals surface area contributed by atoms with E-state index in [-0.39, 0.29) is 0 Å². The van der Waals surface area contributed by atoms with E-state index in [0.29, 0.717) is 0 Å². The van der Waals surface area contributed by atoms with E-state index in [1.807, 2.05) is 19.2 Å². The van der Waals surface area contributed by atoms with E-state index < -0.39 is 0 Å². The number of unbranched alkanes of at least 4 members (excludes halogenated alkanes) is 2. The summed E-state index contributed by atoms with van der Waals surface area (Å²) in [7, 11) is 0. The molecule has 0 bridgehead atoms. The molecular weight excluding hydrogens is 258 g/mol. The number of pyridine rings is 1. The molecule has 2 rings (SSSR count). The highest BCUT2D eigenvalue weighted by Crippen LogP contribution is 2.31. The van der Waals surface area contributed by atoms with E-state index in [0.717, 1.165) is 29.9 Å². The lowest BCUT2D eigenvalue weighted by Crippen LogP contribution is -2.25. The number of aromatic nitrogens is 1. The molecule has 1 aromatic carbocycles. The summed E-state index contributed by atoms with van der Waals surface area (Å²) < 4.78 is 0. The average molecular weight is 285 g/mol. The lowest BCUT2D eigenvalue weighted by atomic mass is 10.1. The van der Waals surface area contributed by atoms with Crippen LogP contribution < -0.4 is 10.6 Å². The van der Waals surface area contributed by atoms with Crippen LogP contribution in [0.3, 0.4) is 0 Å². The zero-order valence-electron chi connectivity index (χ0n) is 13.5. The van der Waals surface area contributed by atoms with Crippen molar-refractivity contribution < 1.29 is 0 Å². The average Bonchev–Trinajstić information content (AvgIpc) is 2.48. The highest BCUT2D eigenvalue weighted by atomic mass is 15.1. The zero-order valence-corrected chi connectivity index (χ0v) is 13.5. The van der Waals surface area contributed by atoms with E-state index in [1.165, 1.54) is 36.8 Å². The molecule has 0 saturated heterocycles. The molecule has 2 N–H and O–H groups in total. The first-order valence-electron chi connectivity index (χ1n) is 8.07. The molecule has 0 aliphatic rings. The van der Waals surface area contributed by atoms with Crippen molar-refractivity contribution in [3.8, 4) is 0 Å². The van der Waals surface area contributed by atoms with Crippen LogP contribution in [0.5, 0.6) is 0 Å². The van der Waals surface area contributed by atoms with Crippen molar-refractivity contribution >= 4 is 22.1 Å². The van der Waals surface area contributed by atoms with Gasteiger partial charge in [-0.05, 0) is 38.0 Å².